The van der Waals surface area contributed by atoms with Crippen LogP contribution in [0.1, 0.15) is 0 Å². The summed E-state index contributed by atoms with van der Waals surface area (Å²) in [6.45, 7) is 0. The van der Waals surface area contributed by atoms with Gasteiger partial charge in [-0.3, -0.25) is 0 Å². The van der Waals surface area contributed by atoms with Crippen molar-refractivity contribution in [3.63, 3.8) is 0 Å². The Morgan fingerprint density at radius 2 is 1.63 bits per heavy atom. The van der Waals surface area contributed by atoms with Crippen LogP contribution in [0.2, 0.25) is 0 Å². The lowest BCUT2D eigenvalue weighted by molar-refractivity contribution is 1.09. The molecule has 0 saturated carbocycles. The summed E-state index contributed by atoms with van der Waals surface area (Å²) in [4.78, 5) is 13.2. The lowest BCUT2D eigenvalue weighted by Gasteiger charge is -2.06. The average molecular weight is 304 g/mol. The first-order valence-electron chi connectivity index (χ1n) is 5.47. The summed E-state index contributed by atoms with van der Waals surface area (Å²) in [6, 6.07) is 9.83. The van der Waals surface area contributed by atoms with Gasteiger partial charge in [-0.15, -0.1) is 0 Å². The fourth-order valence-electron chi connectivity index (χ4n) is 1.91. The van der Waals surface area contributed by atoms with Gasteiger partial charge in [0.15, 0.2) is 9.54 Å². The SMILES string of the molecule is S=c1nc2[nH]c(=S)[nH]c(=S)c2c(-c2ccccc2)[nH]1. The van der Waals surface area contributed by atoms with Crippen molar-refractivity contribution in [2.45, 2.75) is 0 Å². The van der Waals surface area contributed by atoms with E-state index in [-0.39, 0.29) is 0 Å². The second-order valence-electron chi connectivity index (χ2n) is 3.91. The van der Waals surface area contributed by atoms with Crippen LogP contribution in [-0.4, -0.2) is 19.9 Å². The maximum atomic E-state index is 5.34. The zero-order valence-corrected chi connectivity index (χ0v) is 12.0. The lowest BCUT2D eigenvalue weighted by atomic mass is 10.1. The van der Waals surface area contributed by atoms with Crippen molar-refractivity contribution in [3.8, 4) is 11.3 Å². The maximum Gasteiger partial charge on any atom is 0.199 e. The number of aromatic nitrogens is 4. The highest BCUT2D eigenvalue weighted by Crippen LogP contribution is 2.24. The van der Waals surface area contributed by atoms with Crippen LogP contribution in [0.5, 0.6) is 0 Å². The number of rotatable bonds is 1. The van der Waals surface area contributed by atoms with Gasteiger partial charge in [0, 0.05) is 0 Å². The normalized spacial score (nSPS) is 10.7. The highest BCUT2D eigenvalue weighted by Gasteiger charge is 2.08. The van der Waals surface area contributed by atoms with Gasteiger partial charge in [-0.1, -0.05) is 42.5 Å². The zero-order valence-electron chi connectivity index (χ0n) is 9.56. The van der Waals surface area contributed by atoms with E-state index < -0.39 is 0 Å². The molecule has 0 fully saturated rings. The molecule has 94 valence electrons. The Kier molecular flexibility index (Phi) is 3.09. The second-order valence-corrected chi connectivity index (χ2v) is 5.12. The molecule has 0 saturated heterocycles. The minimum atomic E-state index is 0.387. The van der Waals surface area contributed by atoms with E-state index in [1.54, 1.807) is 0 Å². The molecule has 1 aromatic carbocycles. The molecule has 2 heterocycles. The van der Waals surface area contributed by atoms with E-state index in [9.17, 15) is 0 Å². The van der Waals surface area contributed by atoms with Crippen LogP contribution in [-0.2, 0) is 0 Å². The smallest absolute Gasteiger partial charge is 0.199 e. The maximum absolute atomic E-state index is 5.34. The predicted molar refractivity (Wildman–Crippen MR) is 82.7 cm³/mol. The van der Waals surface area contributed by atoms with Crippen molar-refractivity contribution >= 4 is 47.7 Å². The third-order valence-electron chi connectivity index (χ3n) is 2.68. The van der Waals surface area contributed by atoms with E-state index in [0.717, 1.165) is 16.6 Å². The van der Waals surface area contributed by atoms with E-state index in [1.165, 1.54) is 0 Å². The first kappa shape index (κ1) is 12.3. The molecule has 0 unspecified atom stereocenters. The monoisotopic (exact) mass is 304 g/mol. The van der Waals surface area contributed by atoms with Gasteiger partial charge >= 0.3 is 0 Å². The Balaban J connectivity index is 2.53. The van der Waals surface area contributed by atoms with Gasteiger partial charge < -0.3 is 15.0 Å². The van der Waals surface area contributed by atoms with E-state index in [4.69, 9.17) is 36.7 Å². The summed E-state index contributed by atoms with van der Waals surface area (Å²) in [5.41, 5.74) is 2.42. The van der Waals surface area contributed by atoms with Gasteiger partial charge in [0.25, 0.3) is 0 Å². The highest BCUT2D eigenvalue weighted by atomic mass is 32.1. The van der Waals surface area contributed by atoms with Crippen molar-refractivity contribution in [1.29, 1.82) is 0 Å². The predicted octanol–water partition coefficient (Wildman–Crippen LogP) is 4.07. The van der Waals surface area contributed by atoms with Gasteiger partial charge in [-0.25, -0.2) is 4.98 Å². The first-order valence-corrected chi connectivity index (χ1v) is 6.70. The van der Waals surface area contributed by atoms with E-state index in [1.807, 2.05) is 30.3 Å². The molecule has 0 aliphatic heterocycles. The molecule has 0 bridgehead atoms. The fraction of sp³-hybridized carbons (Fsp3) is 0. The molecular formula is C12H8N4S3. The molecule has 0 aliphatic rings. The largest absolute Gasteiger partial charge is 0.330 e. The molecule has 7 heteroatoms. The average Bonchev–Trinajstić information content (AvgIpc) is 2.38. The van der Waals surface area contributed by atoms with E-state index >= 15 is 0 Å². The minimum Gasteiger partial charge on any atom is -0.330 e. The second kappa shape index (κ2) is 4.76. The van der Waals surface area contributed by atoms with Crippen LogP contribution in [0.3, 0.4) is 0 Å². The summed E-state index contributed by atoms with van der Waals surface area (Å²) >= 11 is 15.6. The van der Waals surface area contributed by atoms with Crippen LogP contribution in [0, 0.1) is 14.2 Å². The number of aromatic amines is 3. The molecule has 3 rings (SSSR count). The summed E-state index contributed by atoms with van der Waals surface area (Å²) < 4.78 is 1.36. The summed E-state index contributed by atoms with van der Waals surface area (Å²) in [7, 11) is 0. The highest BCUT2D eigenvalue weighted by molar-refractivity contribution is 7.72. The standard InChI is InChI=1S/C12H8N4S3/c17-10-7-8(6-4-2-1-3-5-6)13-11(18)14-9(7)15-12(19)16-10/h1-5H,(H3,13,14,15,16,17,18,19). The van der Waals surface area contributed by atoms with Crippen LogP contribution in [0.15, 0.2) is 30.3 Å². The van der Waals surface area contributed by atoms with Crippen LogP contribution in [0.25, 0.3) is 22.3 Å². The molecule has 3 N–H and O–H groups in total. The fourth-order valence-corrected chi connectivity index (χ4v) is 2.67. The number of benzene rings is 1. The minimum absolute atomic E-state index is 0.387. The Hall–Kier alpha value is -1.70. The van der Waals surface area contributed by atoms with Crippen molar-refractivity contribution in [1.82, 2.24) is 19.9 Å². The van der Waals surface area contributed by atoms with Crippen LogP contribution in [0.4, 0.5) is 0 Å². The Morgan fingerprint density at radius 3 is 2.37 bits per heavy atom. The van der Waals surface area contributed by atoms with E-state index in [2.05, 4.69) is 19.9 Å². The quantitative estimate of drug-likeness (QED) is 0.593. The molecule has 0 radical (unpaired) electrons. The van der Waals surface area contributed by atoms with Crippen molar-refractivity contribution in [2.75, 3.05) is 0 Å². The summed E-state index contributed by atoms with van der Waals surface area (Å²) in [5.74, 6) is 0. The van der Waals surface area contributed by atoms with Gasteiger partial charge in [0.1, 0.15) is 10.3 Å². The Morgan fingerprint density at radius 1 is 0.895 bits per heavy atom. The molecule has 4 nitrogen and oxygen atoms in total. The van der Waals surface area contributed by atoms with Crippen molar-refractivity contribution in [3.05, 3.63) is 44.5 Å². The zero-order chi connectivity index (χ0) is 13.4. The van der Waals surface area contributed by atoms with Gasteiger partial charge in [-0.05, 0) is 30.0 Å². The number of fused-ring (bicyclic) bond motifs is 1. The van der Waals surface area contributed by atoms with Gasteiger partial charge in [0.2, 0.25) is 0 Å². The molecule has 0 amide bonds. The molecule has 0 spiro atoms. The molecule has 19 heavy (non-hydrogen) atoms. The Bertz CT molecular complexity index is 916. The van der Waals surface area contributed by atoms with Gasteiger partial charge in [0.05, 0.1) is 11.1 Å². The number of hydrogen-bond acceptors (Lipinski definition) is 4. The third kappa shape index (κ3) is 2.27. The number of H-pyrrole nitrogens is 3. The Labute approximate surface area is 123 Å². The molecule has 2 aromatic heterocycles. The van der Waals surface area contributed by atoms with Crippen molar-refractivity contribution in [2.24, 2.45) is 0 Å². The van der Waals surface area contributed by atoms with E-state index in [0.29, 0.717) is 19.8 Å². The lowest BCUT2D eigenvalue weighted by Crippen LogP contribution is -1.96. The number of hydrogen-bond donors (Lipinski definition) is 3. The van der Waals surface area contributed by atoms with Crippen LogP contribution < -0.4 is 0 Å². The topological polar surface area (TPSA) is 60.3 Å². The summed E-state index contributed by atoms with van der Waals surface area (Å²) in [6.07, 6.45) is 0. The molecule has 0 atom stereocenters. The third-order valence-corrected chi connectivity index (χ3v) is 3.38. The number of nitrogens with one attached hydrogen (secondary N) is 3. The van der Waals surface area contributed by atoms with Crippen molar-refractivity contribution < 1.29 is 0 Å². The first-order chi connectivity index (χ1) is 9.15. The molecular weight excluding hydrogens is 296 g/mol. The van der Waals surface area contributed by atoms with Crippen LogP contribution >= 0.6 is 36.7 Å². The molecule has 0 aliphatic carbocycles. The molecule has 3 aromatic rings. The summed E-state index contributed by atoms with van der Waals surface area (Å²) in [5, 5.41) is 0.781. The number of nitrogens with zero attached hydrogens (tertiary/aromatic N) is 1. The van der Waals surface area contributed by atoms with Gasteiger partial charge in [-0.2, -0.15) is 0 Å².